The number of hydrogen-bond donors (Lipinski definition) is 1. The Morgan fingerprint density at radius 2 is 2.12 bits per heavy atom. The molecule has 1 nitrogen and oxygen atoms in total. The number of hydrogen-bond acceptors (Lipinski definition) is 1. The van der Waals surface area contributed by atoms with E-state index in [1.54, 1.807) is 6.07 Å². The molecular formula is C13H17Cl2N. The predicted molar refractivity (Wildman–Crippen MR) is 72.4 cm³/mol. The Hall–Kier alpha value is -0.500. The Kier molecular flexibility index (Phi) is 5.33. The van der Waals surface area contributed by atoms with Crippen molar-refractivity contribution in [1.29, 1.82) is 0 Å². The smallest absolute Gasteiger partial charge is 0.0453 e. The zero-order valence-corrected chi connectivity index (χ0v) is 11.2. The summed E-state index contributed by atoms with van der Waals surface area (Å²) in [5.41, 5.74) is 2.29. The van der Waals surface area contributed by atoms with Crippen LogP contribution in [0.4, 0.5) is 0 Å². The van der Waals surface area contributed by atoms with Crippen molar-refractivity contribution in [2.24, 2.45) is 0 Å². The molecule has 0 spiro atoms. The first-order valence-electron chi connectivity index (χ1n) is 5.28. The molecule has 0 radical (unpaired) electrons. The van der Waals surface area contributed by atoms with Crippen LogP contribution in [-0.4, -0.2) is 13.1 Å². The van der Waals surface area contributed by atoms with E-state index in [0.29, 0.717) is 11.1 Å². The molecule has 0 saturated carbocycles. The third-order valence-electron chi connectivity index (χ3n) is 2.48. The minimum absolute atomic E-state index is 0.371. The molecule has 0 aliphatic heterocycles. The van der Waals surface area contributed by atoms with Crippen molar-refractivity contribution in [1.82, 2.24) is 5.32 Å². The summed E-state index contributed by atoms with van der Waals surface area (Å²) in [5, 5.41) is 4.68. The van der Waals surface area contributed by atoms with Gasteiger partial charge in [0.05, 0.1) is 0 Å². The fraction of sp³-hybridized carbons (Fsp3) is 0.385. The average Bonchev–Trinajstić information content (AvgIpc) is 2.20. The van der Waals surface area contributed by atoms with Crippen LogP contribution in [0.1, 0.15) is 18.9 Å². The molecule has 0 bridgehead atoms. The molecule has 3 heteroatoms. The molecule has 0 aliphatic carbocycles. The van der Waals surface area contributed by atoms with Crippen molar-refractivity contribution < 1.29 is 0 Å². The fourth-order valence-corrected chi connectivity index (χ4v) is 2.14. The molecule has 1 atom stereocenters. The summed E-state index contributed by atoms with van der Waals surface area (Å²) in [6.45, 7) is 5.96. The first-order chi connectivity index (χ1) is 7.52. The predicted octanol–water partition coefficient (Wildman–Crippen LogP) is 4.09. The molecule has 0 aromatic heterocycles. The molecule has 1 rings (SSSR count). The normalized spacial score (nSPS) is 12.5. The Balaban J connectivity index is 2.73. The third-order valence-corrected chi connectivity index (χ3v) is 3.07. The van der Waals surface area contributed by atoms with Gasteiger partial charge in [0.1, 0.15) is 0 Å². The summed E-state index contributed by atoms with van der Waals surface area (Å²) in [7, 11) is 1.96. The zero-order chi connectivity index (χ0) is 12.1. The van der Waals surface area contributed by atoms with Crippen molar-refractivity contribution in [3.8, 4) is 0 Å². The van der Waals surface area contributed by atoms with Crippen molar-refractivity contribution in [3.05, 3.63) is 46.0 Å². The quantitative estimate of drug-likeness (QED) is 0.784. The topological polar surface area (TPSA) is 12.0 Å². The third kappa shape index (κ3) is 4.17. The second-order valence-electron chi connectivity index (χ2n) is 4.09. The van der Waals surface area contributed by atoms with Gasteiger partial charge in [0, 0.05) is 16.1 Å². The van der Waals surface area contributed by atoms with E-state index < -0.39 is 0 Å². The van der Waals surface area contributed by atoms with Gasteiger partial charge in [-0.2, -0.15) is 0 Å². The standard InChI is InChI=1S/C13H17Cl2N/c1-9(2)6-12(16-3)7-10-4-5-11(14)8-13(10)15/h4-5,8,12,16H,1,6-7H2,2-3H3. The molecule has 1 N–H and O–H groups in total. The number of likely N-dealkylation sites (N-methyl/N-ethyl adjacent to an activating group) is 1. The highest BCUT2D eigenvalue weighted by Crippen LogP contribution is 2.23. The van der Waals surface area contributed by atoms with E-state index in [4.69, 9.17) is 23.2 Å². The van der Waals surface area contributed by atoms with E-state index in [-0.39, 0.29) is 0 Å². The lowest BCUT2D eigenvalue weighted by molar-refractivity contribution is 0.555. The lowest BCUT2D eigenvalue weighted by Gasteiger charge is -2.17. The highest BCUT2D eigenvalue weighted by atomic mass is 35.5. The largest absolute Gasteiger partial charge is 0.316 e. The molecule has 88 valence electrons. The zero-order valence-electron chi connectivity index (χ0n) is 9.69. The summed E-state index contributed by atoms with van der Waals surface area (Å²) in [6, 6.07) is 6.01. The molecule has 0 fully saturated rings. The van der Waals surface area contributed by atoms with E-state index in [1.807, 2.05) is 26.1 Å². The van der Waals surface area contributed by atoms with E-state index in [0.717, 1.165) is 23.4 Å². The van der Waals surface area contributed by atoms with Gasteiger partial charge in [-0.1, -0.05) is 34.8 Å². The average molecular weight is 258 g/mol. The highest BCUT2D eigenvalue weighted by molar-refractivity contribution is 6.35. The summed E-state index contributed by atoms with van der Waals surface area (Å²) in [5.74, 6) is 0. The molecule has 1 aromatic carbocycles. The molecular weight excluding hydrogens is 241 g/mol. The summed E-state index contributed by atoms with van der Waals surface area (Å²) in [6.07, 6.45) is 1.84. The lowest BCUT2D eigenvalue weighted by atomic mass is 10.0. The Morgan fingerprint density at radius 1 is 1.44 bits per heavy atom. The Bertz CT molecular complexity index is 374. The number of rotatable bonds is 5. The van der Waals surface area contributed by atoms with Crippen LogP contribution in [-0.2, 0) is 6.42 Å². The van der Waals surface area contributed by atoms with Gasteiger partial charge < -0.3 is 5.32 Å². The van der Waals surface area contributed by atoms with Crippen LogP contribution in [0.15, 0.2) is 30.4 Å². The van der Waals surface area contributed by atoms with Crippen LogP contribution in [0.5, 0.6) is 0 Å². The molecule has 0 heterocycles. The highest BCUT2D eigenvalue weighted by Gasteiger charge is 2.10. The molecule has 0 amide bonds. The van der Waals surface area contributed by atoms with Gasteiger partial charge in [-0.05, 0) is 44.5 Å². The first-order valence-corrected chi connectivity index (χ1v) is 6.04. The SMILES string of the molecule is C=C(C)CC(Cc1ccc(Cl)cc1Cl)NC. The van der Waals surface area contributed by atoms with Crippen LogP contribution in [0.3, 0.4) is 0 Å². The minimum atomic E-state index is 0.371. The van der Waals surface area contributed by atoms with Gasteiger partial charge in [-0.3, -0.25) is 0 Å². The maximum Gasteiger partial charge on any atom is 0.0453 e. The molecule has 16 heavy (non-hydrogen) atoms. The maximum atomic E-state index is 6.13. The van der Waals surface area contributed by atoms with Gasteiger partial charge in [0.25, 0.3) is 0 Å². The van der Waals surface area contributed by atoms with Crippen molar-refractivity contribution in [2.45, 2.75) is 25.8 Å². The molecule has 0 saturated heterocycles. The van der Waals surface area contributed by atoms with Gasteiger partial charge in [0.15, 0.2) is 0 Å². The number of nitrogens with one attached hydrogen (secondary N) is 1. The second kappa shape index (κ2) is 6.29. The van der Waals surface area contributed by atoms with E-state index >= 15 is 0 Å². The van der Waals surface area contributed by atoms with Crippen LogP contribution in [0, 0.1) is 0 Å². The van der Waals surface area contributed by atoms with E-state index in [2.05, 4.69) is 11.9 Å². The Morgan fingerprint density at radius 3 is 2.62 bits per heavy atom. The summed E-state index contributed by atoms with van der Waals surface area (Å²) in [4.78, 5) is 0. The fourth-order valence-electron chi connectivity index (χ4n) is 1.65. The summed E-state index contributed by atoms with van der Waals surface area (Å²) >= 11 is 12.0. The van der Waals surface area contributed by atoms with Gasteiger partial charge >= 0.3 is 0 Å². The lowest BCUT2D eigenvalue weighted by Crippen LogP contribution is -2.27. The maximum absolute atomic E-state index is 6.13. The van der Waals surface area contributed by atoms with Gasteiger partial charge in [-0.25, -0.2) is 0 Å². The van der Waals surface area contributed by atoms with E-state index in [1.165, 1.54) is 5.57 Å². The van der Waals surface area contributed by atoms with Gasteiger partial charge in [-0.15, -0.1) is 6.58 Å². The molecule has 0 aliphatic rings. The van der Waals surface area contributed by atoms with Crippen LogP contribution >= 0.6 is 23.2 Å². The van der Waals surface area contributed by atoms with Crippen molar-refractivity contribution >= 4 is 23.2 Å². The first kappa shape index (κ1) is 13.6. The van der Waals surface area contributed by atoms with Crippen LogP contribution < -0.4 is 5.32 Å². The van der Waals surface area contributed by atoms with Crippen LogP contribution in [0.25, 0.3) is 0 Å². The van der Waals surface area contributed by atoms with Crippen molar-refractivity contribution in [3.63, 3.8) is 0 Å². The second-order valence-corrected chi connectivity index (χ2v) is 4.93. The summed E-state index contributed by atoms with van der Waals surface area (Å²) < 4.78 is 0. The van der Waals surface area contributed by atoms with E-state index in [9.17, 15) is 0 Å². The number of halogens is 2. The number of benzene rings is 1. The minimum Gasteiger partial charge on any atom is -0.316 e. The van der Waals surface area contributed by atoms with Gasteiger partial charge in [0.2, 0.25) is 0 Å². The molecule has 1 aromatic rings. The Labute approximate surface area is 107 Å². The monoisotopic (exact) mass is 257 g/mol. The molecule has 1 unspecified atom stereocenters. The van der Waals surface area contributed by atoms with Crippen LogP contribution in [0.2, 0.25) is 10.0 Å². The van der Waals surface area contributed by atoms with Crippen molar-refractivity contribution in [2.75, 3.05) is 7.05 Å².